The number of hydrogen-bond donors (Lipinski definition) is 2. The summed E-state index contributed by atoms with van der Waals surface area (Å²) >= 11 is 0. The summed E-state index contributed by atoms with van der Waals surface area (Å²) in [5.74, 6) is 2.24. The number of rotatable bonds is 11. The minimum absolute atomic E-state index is 0. The van der Waals surface area contributed by atoms with E-state index in [4.69, 9.17) is 18.9 Å². The second kappa shape index (κ2) is 15.2. The van der Waals surface area contributed by atoms with Gasteiger partial charge in [0, 0.05) is 20.1 Å². The number of carbonyl (C=O) groups excluding carboxylic acids is 1. The average molecular weight is 571 g/mol. The molecule has 0 unspecified atom stereocenters. The minimum atomic E-state index is -0.433. The fraction of sp³-hybridized carbons (Fsp3) is 0.417. The summed E-state index contributed by atoms with van der Waals surface area (Å²) in [6, 6.07) is 11.4. The Labute approximate surface area is 213 Å². The van der Waals surface area contributed by atoms with E-state index in [9.17, 15) is 4.79 Å². The highest BCUT2D eigenvalue weighted by Crippen LogP contribution is 2.28. The standard InChI is InChI=1S/C24H33N3O5.HI/c1-6-32-22-15-17(9-12-21(22)30-4)8-7-13-26-24(25-2)27-16-18-10-11-20(29-3)19(14-18)23(28)31-5;/h9-12,14-15H,6-8,13,16H2,1-5H3,(H2,25,26,27);1H. The van der Waals surface area contributed by atoms with Crippen molar-refractivity contribution >= 4 is 35.9 Å². The smallest absolute Gasteiger partial charge is 0.341 e. The maximum Gasteiger partial charge on any atom is 0.341 e. The van der Waals surface area contributed by atoms with Crippen LogP contribution >= 0.6 is 24.0 Å². The molecule has 9 heteroatoms. The fourth-order valence-corrected chi connectivity index (χ4v) is 3.19. The summed E-state index contributed by atoms with van der Waals surface area (Å²) in [6.45, 7) is 3.81. The van der Waals surface area contributed by atoms with E-state index in [2.05, 4.69) is 21.7 Å². The number of aliphatic imine (C=N–C) groups is 1. The van der Waals surface area contributed by atoms with Crippen LogP contribution in [0.25, 0.3) is 0 Å². The van der Waals surface area contributed by atoms with E-state index in [1.165, 1.54) is 19.8 Å². The molecule has 0 aliphatic carbocycles. The van der Waals surface area contributed by atoms with Crippen molar-refractivity contribution in [3.05, 3.63) is 53.1 Å². The Kier molecular flexibility index (Phi) is 13.1. The van der Waals surface area contributed by atoms with Crippen molar-refractivity contribution in [2.24, 2.45) is 4.99 Å². The summed E-state index contributed by atoms with van der Waals surface area (Å²) in [4.78, 5) is 16.2. The van der Waals surface area contributed by atoms with Gasteiger partial charge in [-0.25, -0.2) is 4.79 Å². The van der Waals surface area contributed by atoms with Gasteiger partial charge in [-0.05, 0) is 55.2 Å². The molecular formula is C24H34IN3O5. The third-order valence-corrected chi connectivity index (χ3v) is 4.82. The van der Waals surface area contributed by atoms with Crippen molar-refractivity contribution < 1.29 is 23.7 Å². The monoisotopic (exact) mass is 571 g/mol. The van der Waals surface area contributed by atoms with E-state index in [0.29, 0.717) is 30.4 Å². The molecule has 0 spiro atoms. The van der Waals surface area contributed by atoms with Crippen LogP contribution in [-0.2, 0) is 17.7 Å². The zero-order valence-corrected chi connectivity index (χ0v) is 22.2. The zero-order valence-electron chi connectivity index (χ0n) is 19.9. The number of carbonyl (C=O) groups is 1. The molecule has 33 heavy (non-hydrogen) atoms. The lowest BCUT2D eigenvalue weighted by molar-refractivity contribution is 0.0597. The Hall–Kier alpha value is -2.69. The summed E-state index contributed by atoms with van der Waals surface area (Å²) in [7, 11) is 6.24. The van der Waals surface area contributed by atoms with Crippen molar-refractivity contribution in [1.29, 1.82) is 0 Å². The molecular weight excluding hydrogens is 537 g/mol. The van der Waals surface area contributed by atoms with Gasteiger partial charge in [-0.3, -0.25) is 4.99 Å². The van der Waals surface area contributed by atoms with Gasteiger partial charge in [-0.1, -0.05) is 12.1 Å². The number of guanidine groups is 1. The Bertz CT molecular complexity index is 921. The number of benzene rings is 2. The summed E-state index contributed by atoms with van der Waals surface area (Å²) in [5.41, 5.74) is 2.49. The molecule has 2 rings (SSSR count). The lowest BCUT2D eigenvalue weighted by Gasteiger charge is -2.14. The predicted octanol–water partition coefficient (Wildman–Crippen LogP) is 3.80. The van der Waals surface area contributed by atoms with Gasteiger partial charge < -0.3 is 29.6 Å². The van der Waals surface area contributed by atoms with Crippen LogP contribution in [0.1, 0.15) is 34.8 Å². The van der Waals surface area contributed by atoms with Crippen molar-refractivity contribution in [2.45, 2.75) is 26.3 Å². The molecule has 0 radical (unpaired) electrons. The van der Waals surface area contributed by atoms with Gasteiger partial charge in [0.25, 0.3) is 0 Å². The van der Waals surface area contributed by atoms with E-state index < -0.39 is 5.97 Å². The number of aryl methyl sites for hydroxylation is 1. The molecule has 182 valence electrons. The van der Waals surface area contributed by atoms with E-state index >= 15 is 0 Å². The fourth-order valence-electron chi connectivity index (χ4n) is 3.19. The van der Waals surface area contributed by atoms with E-state index in [1.807, 2.05) is 25.1 Å². The first-order valence-electron chi connectivity index (χ1n) is 10.6. The van der Waals surface area contributed by atoms with Gasteiger partial charge in [0.15, 0.2) is 17.5 Å². The minimum Gasteiger partial charge on any atom is -0.496 e. The quantitative estimate of drug-likeness (QED) is 0.139. The maximum atomic E-state index is 12.0. The van der Waals surface area contributed by atoms with E-state index in [0.717, 1.165) is 36.4 Å². The Balaban J connectivity index is 0.00000544. The lowest BCUT2D eigenvalue weighted by Crippen LogP contribution is -2.37. The molecule has 0 amide bonds. The highest BCUT2D eigenvalue weighted by atomic mass is 127. The van der Waals surface area contributed by atoms with E-state index in [-0.39, 0.29) is 24.0 Å². The van der Waals surface area contributed by atoms with Crippen LogP contribution in [0.4, 0.5) is 0 Å². The number of nitrogens with one attached hydrogen (secondary N) is 2. The second-order valence-electron chi connectivity index (χ2n) is 6.90. The summed E-state index contributed by atoms with van der Waals surface area (Å²) in [5, 5.41) is 6.57. The summed E-state index contributed by atoms with van der Waals surface area (Å²) in [6.07, 6.45) is 1.82. The normalized spacial score (nSPS) is 10.6. The van der Waals surface area contributed by atoms with Crippen molar-refractivity contribution in [3.8, 4) is 17.2 Å². The highest BCUT2D eigenvalue weighted by molar-refractivity contribution is 14.0. The molecule has 0 aliphatic heterocycles. The first kappa shape index (κ1) is 28.3. The molecule has 2 aromatic carbocycles. The number of ether oxygens (including phenoxy) is 4. The van der Waals surface area contributed by atoms with Crippen LogP contribution in [0.15, 0.2) is 41.4 Å². The van der Waals surface area contributed by atoms with Crippen LogP contribution < -0.4 is 24.8 Å². The first-order chi connectivity index (χ1) is 15.6. The molecule has 0 aromatic heterocycles. The Morgan fingerprint density at radius 2 is 1.64 bits per heavy atom. The van der Waals surface area contributed by atoms with E-state index in [1.54, 1.807) is 26.3 Å². The van der Waals surface area contributed by atoms with Gasteiger partial charge >= 0.3 is 5.97 Å². The van der Waals surface area contributed by atoms with Crippen molar-refractivity contribution in [3.63, 3.8) is 0 Å². The largest absolute Gasteiger partial charge is 0.496 e. The number of nitrogens with zero attached hydrogens (tertiary/aromatic N) is 1. The molecule has 0 atom stereocenters. The molecule has 0 heterocycles. The number of methoxy groups -OCH3 is 3. The Morgan fingerprint density at radius 3 is 2.27 bits per heavy atom. The first-order valence-corrected chi connectivity index (χ1v) is 10.6. The number of esters is 1. The van der Waals surface area contributed by atoms with Crippen LogP contribution in [0.3, 0.4) is 0 Å². The average Bonchev–Trinajstić information content (AvgIpc) is 2.83. The molecule has 2 aromatic rings. The zero-order chi connectivity index (χ0) is 23.3. The predicted molar refractivity (Wildman–Crippen MR) is 140 cm³/mol. The van der Waals surface area contributed by atoms with Gasteiger partial charge in [-0.2, -0.15) is 0 Å². The van der Waals surface area contributed by atoms with Crippen molar-refractivity contribution in [2.75, 3.05) is 41.5 Å². The van der Waals surface area contributed by atoms with Crippen LogP contribution in [0.2, 0.25) is 0 Å². The molecule has 0 saturated carbocycles. The molecule has 0 aliphatic rings. The molecule has 0 bridgehead atoms. The van der Waals surface area contributed by atoms with Crippen LogP contribution in [0, 0.1) is 0 Å². The highest BCUT2D eigenvalue weighted by Gasteiger charge is 2.13. The van der Waals surface area contributed by atoms with Crippen LogP contribution in [0.5, 0.6) is 17.2 Å². The third-order valence-electron chi connectivity index (χ3n) is 4.82. The van der Waals surface area contributed by atoms with Gasteiger partial charge in [0.05, 0.1) is 27.9 Å². The van der Waals surface area contributed by atoms with Crippen molar-refractivity contribution in [1.82, 2.24) is 10.6 Å². The van der Waals surface area contributed by atoms with Gasteiger partial charge in [-0.15, -0.1) is 24.0 Å². The number of hydrogen-bond acceptors (Lipinski definition) is 6. The maximum absolute atomic E-state index is 12.0. The molecule has 2 N–H and O–H groups in total. The molecule has 0 fully saturated rings. The van der Waals surface area contributed by atoms with Gasteiger partial charge in [0.2, 0.25) is 0 Å². The summed E-state index contributed by atoms with van der Waals surface area (Å²) < 4.78 is 21.0. The molecule has 0 saturated heterocycles. The second-order valence-corrected chi connectivity index (χ2v) is 6.90. The van der Waals surface area contributed by atoms with Crippen LogP contribution in [-0.4, -0.2) is 53.5 Å². The third kappa shape index (κ3) is 8.64. The van der Waals surface area contributed by atoms with Gasteiger partial charge in [0.1, 0.15) is 11.3 Å². The number of halogens is 1. The topological polar surface area (TPSA) is 90.4 Å². The Morgan fingerprint density at radius 1 is 0.939 bits per heavy atom. The SMILES string of the molecule is CCOc1cc(CCCNC(=NC)NCc2ccc(OC)c(C(=O)OC)c2)ccc1OC.I. The molecule has 8 nitrogen and oxygen atoms in total. The lowest BCUT2D eigenvalue weighted by atomic mass is 10.1.